The van der Waals surface area contributed by atoms with Crippen LogP contribution in [0.3, 0.4) is 0 Å². The van der Waals surface area contributed by atoms with Gasteiger partial charge in [-0.05, 0) is 51.8 Å². The van der Waals surface area contributed by atoms with Crippen molar-refractivity contribution < 1.29 is 4.39 Å². The lowest BCUT2D eigenvalue weighted by Gasteiger charge is -2.11. The van der Waals surface area contributed by atoms with Gasteiger partial charge in [-0.2, -0.15) is 0 Å². The molecule has 21 heavy (non-hydrogen) atoms. The van der Waals surface area contributed by atoms with Gasteiger partial charge in [-0.1, -0.05) is 24.9 Å². The maximum atomic E-state index is 13.7. The van der Waals surface area contributed by atoms with Gasteiger partial charge in [0, 0.05) is 17.1 Å². The molecule has 0 aliphatic carbocycles. The third-order valence-corrected chi connectivity index (χ3v) is 3.57. The van der Waals surface area contributed by atoms with E-state index in [1.165, 1.54) is 11.9 Å². The first-order chi connectivity index (χ1) is 9.78. The lowest BCUT2D eigenvalue weighted by atomic mass is 10.1. The first-order valence-corrected chi connectivity index (χ1v) is 7.83. The zero-order chi connectivity index (χ0) is 16.0. The van der Waals surface area contributed by atoms with E-state index < -0.39 is 0 Å². The molecule has 2 N–H and O–H groups in total. The summed E-state index contributed by atoms with van der Waals surface area (Å²) >= 11 is 1.38. The summed E-state index contributed by atoms with van der Waals surface area (Å²) in [7, 11) is 0. The highest BCUT2D eigenvalue weighted by molar-refractivity contribution is 7.98. The van der Waals surface area contributed by atoms with Crippen LogP contribution < -0.4 is 5.14 Å². The van der Waals surface area contributed by atoms with Gasteiger partial charge >= 0.3 is 0 Å². The molecule has 0 unspecified atom stereocenters. The molecular formula is C16H24FN3S. The molecule has 0 saturated heterocycles. The number of nitrogens with two attached hydrogens (primary N) is 1. The minimum absolute atomic E-state index is 0.199. The van der Waals surface area contributed by atoms with Crippen LogP contribution in [0.1, 0.15) is 39.1 Å². The lowest BCUT2D eigenvalue weighted by Crippen LogP contribution is -2.09. The molecule has 0 spiro atoms. The zero-order valence-corrected chi connectivity index (χ0v) is 14.2. The quantitative estimate of drug-likeness (QED) is 0.842. The van der Waals surface area contributed by atoms with Crippen LogP contribution in [-0.4, -0.2) is 14.3 Å². The molecule has 0 amide bonds. The first kappa shape index (κ1) is 17.7. The van der Waals surface area contributed by atoms with Crippen LogP contribution in [0.5, 0.6) is 0 Å². The van der Waals surface area contributed by atoms with E-state index in [9.17, 15) is 4.39 Å². The maximum absolute atomic E-state index is 13.7. The number of hydrogen-bond acceptors (Lipinski definition) is 3. The van der Waals surface area contributed by atoms with Crippen molar-refractivity contribution in [1.82, 2.24) is 9.55 Å². The molecule has 0 radical (unpaired) electrons. The van der Waals surface area contributed by atoms with E-state index in [2.05, 4.69) is 25.8 Å². The summed E-state index contributed by atoms with van der Waals surface area (Å²) < 4.78 is 15.7. The van der Waals surface area contributed by atoms with Gasteiger partial charge in [-0.25, -0.2) is 9.37 Å². The second-order valence-corrected chi connectivity index (χ2v) is 7.17. The SMILES string of the molecule is CC(C)(C)SN.CCc1ccc(-n2ccnc2C)c(F)c1. The number of rotatable bonds is 2. The van der Waals surface area contributed by atoms with Crippen molar-refractivity contribution in [3.8, 4) is 5.69 Å². The van der Waals surface area contributed by atoms with Crippen molar-refractivity contribution in [1.29, 1.82) is 0 Å². The normalized spacial score (nSPS) is 11.0. The van der Waals surface area contributed by atoms with Gasteiger partial charge in [0.05, 0.1) is 5.69 Å². The third kappa shape index (κ3) is 5.52. The number of aryl methyl sites for hydroxylation is 2. The summed E-state index contributed by atoms with van der Waals surface area (Å²) in [4.78, 5) is 4.07. The maximum Gasteiger partial charge on any atom is 0.147 e. The van der Waals surface area contributed by atoms with Crippen molar-refractivity contribution in [3.63, 3.8) is 0 Å². The third-order valence-electron chi connectivity index (χ3n) is 2.86. The molecule has 0 fully saturated rings. The molecule has 1 aromatic heterocycles. The van der Waals surface area contributed by atoms with E-state index in [1.807, 2.05) is 19.9 Å². The Morgan fingerprint density at radius 3 is 2.33 bits per heavy atom. The van der Waals surface area contributed by atoms with Crippen LogP contribution in [0.25, 0.3) is 5.69 Å². The van der Waals surface area contributed by atoms with Gasteiger partial charge < -0.3 is 4.57 Å². The fraction of sp³-hybridized carbons (Fsp3) is 0.438. The molecule has 0 aliphatic heterocycles. The minimum atomic E-state index is -0.199. The van der Waals surface area contributed by atoms with Crippen LogP contribution in [-0.2, 0) is 6.42 Å². The Morgan fingerprint density at radius 2 is 1.95 bits per heavy atom. The number of imidazole rings is 1. The minimum Gasteiger partial charge on any atom is -0.301 e. The Balaban J connectivity index is 0.000000315. The smallest absolute Gasteiger partial charge is 0.147 e. The van der Waals surface area contributed by atoms with Gasteiger partial charge in [0.25, 0.3) is 0 Å². The number of benzene rings is 1. The molecule has 2 aromatic rings. The van der Waals surface area contributed by atoms with Crippen molar-refractivity contribution in [2.75, 3.05) is 0 Å². The molecule has 5 heteroatoms. The summed E-state index contributed by atoms with van der Waals surface area (Å²) in [5, 5.41) is 5.22. The van der Waals surface area contributed by atoms with E-state index in [0.717, 1.165) is 17.8 Å². The molecule has 0 atom stereocenters. The van der Waals surface area contributed by atoms with Gasteiger partial charge in [0.1, 0.15) is 11.6 Å². The highest BCUT2D eigenvalue weighted by Gasteiger charge is 2.07. The first-order valence-electron chi connectivity index (χ1n) is 6.95. The Bertz CT molecular complexity index is 573. The fourth-order valence-corrected chi connectivity index (χ4v) is 1.60. The van der Waals surface area contributed by atoms with Crippen LogP contribution in [0.2, 0.25) is 0 Å². The van der Waals surface area contributed by atoms with Gasteiger partial charge in [0.15, 0.2) is 0 Å². The van der Waals surface area contributed by atoms with E-state index in [0.29, 0.717) is 5.69 Å². The molecular weight excluding hydrogens is 285 g/mol. The Kier molecular flexibility index (Phi) is 6.42. The second-order valence-electron chi connectivity index (χ2n) is 5.71. The zero-order valence-electron chi connectivity index (χ0n) is 13.4. The largest absolute Gasteiger partial charge is 0.301 e. The Morgan fingerprint density at radius 1 is 1.33 bits per heavy atom. The van der Waals surface area contributed by atoms with Crippen LogP contribution in [0.4, 0.5) is 4.39 Å². The van der Waals surface area contributed by atoms with Crippen molar-refractivity contribution in [2.45, 2.75) is 45.8 Å². The van der Waals surface area contributed by atoms with Gasteiger partial charge in [0.2, 0.25) is 0 Å². The molecule has 116 valence electrons. The summed E-state index contributed by atoms with van der Waals surface area (Å²) in [6, 6.07) is 5.31. The number of halogens is 1. The predicted molar refractivity (Wildman–Crippen MR) is 89.2 cm³/mol. The molecule has 3 nitrogen and oxygen atoms in total. The molecule has 1 aromatic carbocycles. The van der Waals surface area contributed by atoms with E-state index >= 15 is 0 Å². The molecule has 0 bridgehead atoms. The summed E-state index contributed by atoms with van der Waals surface area (Å²) in [5.74, 6) is 0.591. The standard InChI is InChI=1S/C12H13FN2.C4H11NS/c1-3-10-4-5-12(11(13)8-10)15-7-6-14-9(15)2;1-4(2,3)6-5/h4-8H,3H2,1-2H3;5H2,1-3H3. The topological polar surface area (TPSA) is 43.8 Å². The van der Waals surface area contributed by atoms with Gasteiger partial charge in [-0.15, -0.1) is 0 Å². The number of aromatic nitrogens is 2. The highest BCUT2D eigenvalue weighted by atomic mass is 32.2. The van der Waals surface area contributed by atoms with Crippen molar-refractivity contribution >= 4 is 11.9 Å². The predicted octanol–water partition coefficient (Wildman–Crippen LogP) is 4.27. The lowest BCUT2D eigenvalue weighted by molar-refractivity contribution is 0.614. The van der Waals surface area contributed by atoms with E-state index in [-0.39, 0.29) is 10.6 Å². The van der Waals surface area contributed by atoms with Crippen LogP contribution >= 0.6 is 11.9 Å². The summed E-state index contributed by atoms with van der Waals surface area (Å²) in [6.45, 7) is 10.1. The Hall–Kier alpha value is -1.33. The van der Waals surface area contributed by atoms with Crippen LogP contribution in [0.15, 0.2) is 30.6 Å². The Labute approximate surface area is 130 Å². The summed E-state index contributed by atoms with van der Waals surface area (Å²) in [5.41, 5.74) is 1.57. The molecule has 0 saturated carbocycles. The highest BCUT2D eigenvalue weighted by Crippen LogP contribution is 2.17. The van der Waals surface area contributed by atoms with Crippen molar-refractivity contribution in [3.05, 3.63) is 47.8 Å². The van der Waals surface area contributed by atoms with Crippen molar-refractivity contribution in [2.24, 2.45) is 5.14 Å². The van der Waals surface area contributed by atoms with Gasteiger partial charge in [-0.3, -0.25) is 5.14 Å². The van der Waals surface area contributed by atoms with E-state index in [4.69, 9.17) is 5.14 Å². The van der Waals surface area contributed by atoms with Crippen LogP contribution in [0, 0.1) is 12.7 Å². The molecule has 2 rings (SSSR count). The second kappa shape index (κ2) is 7.61. The molecule has 0 aliphatic rings. The fourth-order valence-electron chi connectivity index (χ4n) is 1.60. The average molecular weight is 309 g/mol. The number of nitrogens with zero attached hydrogens (tertiary/aromatic N) is 2. The van der Waals surface area contributed by atoms with E-state index in [1.54, 1.807) is 29.1 Å². The molecule has 1 heterocycles. The monoisotopic (exact) mass is 309 g/mol. The average Bonchev–Trinajstić information content (AvgIpc) is 2.84. The number of hydrogen-bond donors (Lipinski definition) is 1. The summed E-state index contributed by atoms with van der Waals surface area (Å²) in [6.07, 6.45) is 4.28.